The van der Waals surface area contributed by atoms with Gasteiger partial charge in [0.05, 0.1) is 17.8 Å². The van der Waals surface area contributed by atoms with Gasteiger partial charge in [-0.1, -0.05) is 42.5 Å². The van der Waals surface area contributed by atoms with Crippen LogP contribution in [0, 0.1) is 0 Å². The Hall–Kier alpha value is -2.79. The van der Waals surface area contributed by atoms with Gasteiger partial charge in [0.2, 0.25) is 0 Å². The fraction of sp³-hybridized carbons (Fsp3) is 0.211. The monoisotopic (exact) mass is 324 g/mol. The zero-order chi connectivity index (χ0) is 17.1. The summed E-state index contributed by atoms with van der Waals surface area (Å²) in [6, 6.07) is 17.3. The van der Waals surface area contributed by atoms with Crippen LogP contribution in [0.5, 0.6) is 5.75 Å². The first kappa shape index (κ1) is 16.1. The molecule has 1 heterocycles. The SMILES string of the molecule is CN(O)C1=C(c2ccc(OCc3ccccc3)cc2)C(=O)N(C)C1. The molecule has 0 atom stereocenters. The molecule has 5 nitrogen and oxygen atoms in total. The van der Waals surface area contributed by atoms with Crippen LogP contribution in [0.3, 0.4) is 0 Å². The van der Waals surface area contributed by atoms with Gasteiger partial charge in [-0.25, -0.2) is 0 Å². The number of carbonyl (C=O) groups excluding carboxylic acids is 1. The topological polar surface area (TPSA) is 53.0 Å². The Morgan fingerprint density at radius 1 is 1.12 bits per heavy atom. The van der Waals surface area contributed by atoms with Crippen LogP contribution < -0.4 is 4.74 Å². The molecule has 0 bridgehead atoms. The molecule has 2 aromatic rings. The fourth-order valence-corrected chi connectivity index (χ4v) is 2.70. The van der Waals surface area contributed by atoms with Crippen molar-refractivity contribution >= 4 is 11.5 Å². The number of nitrogens with zero attached hydrogens (tertiary/aromatic N) is 2. The van der Waals surface area contributed by atoms with Crippen molar-refractivity contribution in [2.45, 2.75) is 6.61 Å². The van der Waals surface area contributed by atoms with Gasteiger partial charge in [0.25, 0.3) is 5.91 Å². The summed E-state index contributed by atoms with van der Waals surface area (Å²) in [5.74, 6) is 0.643. The van der Waals surface area contributed by atoms with E-state index in [4.69, 9.17) is 4.74 Å². The molecule has 2 aromatic carbocycles. The van der Waals surface area contributed by atoms with Gasteiger partial charge in [-0.3, -0.25) is 15.1 Å². The van der Waals surface area contributed by atoms with Gasteiger partial charge in [0, 0.05) is 14.1 Å². The van der Waals surface area contributed by atoms with Crippen molar-refractivity contribution in [1.29, 1.82) is 0 Å². The van der Waals surface area contributed by atoms with E-state index in [-0.39, 0.29) is 5.91 Å². The molecular formula is C19H20N2O3. The van der Waals surface area contributed by atoms with Gasteiger partial charge in [0.15, 0.2) is 0 Å². The molecule has 0 radical (unpaired) electrons. The molecule has 1 N–H and O–H groups in total. The highest BCUT2D eigenvalue weighted by Gasteiger charge is 2.30. The van der Waals surface area contributed by atoms with Gasteiger partial charge < -0.3 is 9.64 Å². The average Bonchev–Trinajstić information content (AvgIpc) is 2.90. The number of likely N-dealkylation sites (N-methyl/N-ethyl adjacent to an activating group) is 2. The number of rotatable bonds is 5. The largest absolute Gasteiger partial charge is 0.489 e. The van der Waals surface area contributed by atoms with Gasteiger partial charge in [-0.05, 0) is 23.3 Å². The molecule has 0 spiro atoms. The van der Waals surface area contributed by atoms with Crippen LogP contribution in [-0.2, 0) is 11.4 Å². The summed E-state index contributed by atoms with van der Waals surface area (Å²) in [5.41, 5.74) is 2.99. The Balaban J connectivity index is 1.76. The Kier molecular flexibility index (Phi) is 4.53. The molecule has 0 unspecified atom stereocenters. The van der Waals surface area contributed by atoms with E-state index in [1.54, 1.807) is 11.9 Å². The molecule has 0 saturated heterocycles. The van der Waals surface area contributed by atoms with Crippen LogP contribution in [0.1, 0.15) is 11.1 Å². The lowest BCUT2D eigenvalue weighted by Crippen LogP contribution is -2.23. The standard InChI is InChI=1S/C19H20N2O3/c1-20-12-17(21(2)23)18(19(20)22)15-8-10-16(11-9-15)24-13-14-6-4-3-5-7-14/h3-11,23H,12-13H2,1-2H3. The van der Waals surface area contributed by atoms with Crippen molar-refractivity contribution in [1.82, 2.24) is 9.96 Å². The third-order valence-corrected chi connectivity index (χ3v) is 4.02. The number of ether oxygens (including phenoxy) is 1. The molecule has 0 aromatic heterocycles. The van der Waals surface area contributed by atoms with E-state index < -0.39 is 0 Å². The quantitative estimate of drug-likeness (QED) is 0.859. The van der Waals surface area contributed by atoms with Gasteiger partial charge in [-0.15, -0.1) is 0 Å². The predicted octanol–water partition coefficient (Wildman–Crippen LogP) is 2.77. The third-order valence-electron chi connectivity index (χ3n) is 4.02. The van der Waals surface area contributed by atoms with Gasteiger partial charge >= 0.3 is 0 Å². The second kappa shape index (κ2) is 6.76. The van der Waals surface area contributed by atoms with Crippen LogP contribution in [-0.4, -0.2) is 41.7 Å². The zero-order valence-corrected chi connectivity index (χ0v) is 13.8. The van der Waals surface area contributed by atoms with Crippen LogP contribution in [0.4, 0.5) is 0 Å². The van der Waals surface area contributed by atoms with Crippen LogP contribution in [0.2, 0.25) is 0 Å². The highest BCUT2D eigenvalue weighted by molar-refractivity contribution is 6.22. The average molecular weight is 324 g/mol. The molecular weight excluding hydrogens is 304 g/mol. The van der Waals surface area contributed by atoms with Crippen molar-refractivity contribution in [2.24, 2.45) is 0 Å². The molecule has 0 fully saturated rings. The molecule has 3 rings (SSSR count). The zero-order valence-electron chi connectivity index (χ0n) is 13.8. The fourth-order valence-electron chi connectivity index (χ4n) is 2.70. The van der Waals surface area contributed by atoms with Crippen LogP contribution >= 0.6 is 0 Å². The molecule has 124 valence electrons. The lowest BCUT2D eigenvalue weighted by atomic mass is 10.0. The summed E-state index contributed by atoms with van der Waals surface area (Å²) < 4.78 is 5.76. The predicted molar refractivity (Wildman–Crippen MR) is 91.3 cm³/mol. The van der Waals surface area contributed by atoms with Crippen LogP contribution in [0.15, 0.2) is 60.3 Å². The molecule has 1 aliphatic rings. The number of benzene rings is 2. The first-order valence-corrected chi connectivity index (χ1v) is 7.74. The Morgan fingerprint density at radius 3 is 2.42 bits per heavy atom. The Morgan fingerprint density at radius 2 is 1.79 bits per heavy atom. The Labute approximate surface area is 141 Å². The van der Waals surface area contributed by atoms with Crippen molar-refractivity contribution in [2.75, 3.05) is 20.6 Å². The third kappa shape index (κ3) is 3.26. The van der Waals surface area contributed by atoms with Gasteiger partial charge in [0.1, 0.15) is 12.4 Å². The Bertz CT molecular complexity index is 752. The van der Waals surface area contributed by atoms with Gasteiger partial charge in [-0.2, -0.15) is 0 Å². The number of hydrogen-bond acceptors (Lipinski definition) is 4. The van der Waals surface area contributed by atoms with E-state index in [1.165, 1.54) is 7.05 Å². The molecule has 0 aliphatic carbocycles. The van der Waals surface area contributed by atoms with E-state index >= 15 is 0 Å². The summed E-state index contributed by atoms with van der Waals surface area (Å²) in [6.07, 6.45) is 0. The number of hydroxylamine groups is 2. The minimum atomic E-state index is -0.0937. The second-order valence-corrected chi connectivity index (χ2v) is 5.81. The minimum Gasteiger partial charge on any atom is -0.489 e. The van der Waals surface area contributed by atoms with E-state index in [2.05, 4.69) is 0 Å². The number of carbonyl (C=O) groups is 1. The highest BCUT2D eigenvalue weighted by Crippen LogP contribution is 2.29. The van der Waals surface area contributed by atoms with Crippen LogP contribution in [0.25, 0.3) is 5.57 Å². The molecule has 5 heteroatoms. The summed E-state index contributed by atoms with van der Waals surface area (Å²) in [7, 11) is 3.25. The number of amides is 1. The lowest BCUT2D eigenvalue weighted by molar-refractivity contribution is -0.122. The smallest absolute Gasteiger partial charge is 0.256 e. The maximum absolute atomic E-state index is 12.3. The summed E-state index contributed by atoms with van der Waals surface area (Å²) in [5, 5.41) is 10.8. The molecule has 1 amide bonds. The summed E-state index contributed by atoms with van der Waals surface area (Å²) in [4.78, 5) is 13.9. The molecule has 0 saturated carbocycles. The maximum Gasteiger partial charge on any atom is 0.256 e. The lowest BCUT2D eigenvalue weighted by Gasteiger charge is -2.13. The van der Waals surface area contributed by atoms with E-state index in [0.717, 1.165) is 21.9 Å². The van der Waals surface area contributed by atoms with Crippen molar-refractivity contribution < 1.29 is 14.7 Å². The maximum atomic E-state index is 12.3. The van der Waals surface area contributed by atoms with Crippen molar-refractivity contribution in [3.05, 3.63) is 71.4 Å². The number of hydrogen-bond donors (Lipinski definition) is 1. The normalized spacial score (nSPS) is 14.3. The van der Waals surface area contributed by atoms with E-state index in [0.29, 0.717) is 24.4 Å². The van der Waals surface area contributed by atoms with Crippen molar-refractivity contribution in [3.63, 3.8) is 0 Å². The first-order chi connectivity index (χ1) is 11.6. The minimum absolute atomic E-state index is 0.0937. The van der Waals surface area contributed by atoms with E-state index in [9.17, 15) is 10.0 Å². The second-order valence-electron chi connectivity index (χ2n) is 5.81. The highest BCUT2D eigenvalue weighted by atomic mass is 16.5. The summed E-state index contributed by atoms with van der Waals surface area (Å²) >= 11 is 0. The van der Waals surface area contributed by atoms with E-state index in [1.807, 2.05) is 54.6 Å². The molecule has 1 aliphatic heterocycles. The molecule has 24 heavy (non-hydrogen) atoms. The van der Waals surface area contributed by atoms with Crippen molar-refractivity contribution in [3.8, 4) is 5.75 Å². The summed E-state index contributed by atoms with van der Waals surface area (Å²) in [6.45, 7) is 0.891. The first-order valence-electron chi connectivity index (χ1n) is 7.74.